The maximum Gasteiger partial charge on any atom is 0.199 e. The normalized spacial score (nSPS) is 12.1. The fraction of sp³-hybridized carbons (Fsp3) is 0.0714. The van der Waals surface area contributed by atoms with Gasteiger partial charge in [-0.3, -0.25) is 4.79 Å². The Hall–Kier alpha value is -2.20. The molecule has 1 unspecified atom stereocenters. The molecule has 0 saturated carbocycles. The Morgan fingerprint density at radius 2 is 1.72 bits per heavy atom. The Morgan fingerprint density at radius 1 is 1.06 bits per heavy atom. The maximum atomic E-state index is 13.1. The Balaban J connectivity index is 2.35. The van der Waals surface area contributed by atoms with Gasteiger partial charge in [0.05, 0.1) is 5.56 Å². The summed E-state index contributed by atoms with van der Waals surface area (Å²) in [5.41, 5.74) is 0.164. The van der Waals surface area contributed by atoms with Crippen LogP contribution in [-0.4, -0.2) is 16.0 Å². The minimum absolute atomic E-state index is 0.230. The molecule has 0 saturated heterocycles. The highest BCUT2D eigenvalue weighted by atomic mass is 19.1. The van der Waals surface area contributed by atoms with Gasteiger partial charge in [0.15, 0.2) is 17.3 Å². The molecular weight excluding hydrogens is 235 g/mol. The van der Waals surface area contributed by atoms with Gasteiger partial charge in [0.2, 0.25) is 0 Å². The van der Waals surface area contributed by atoms with Crippen LogP contribution in [0.15, 0.2) is 48.5 Å². The van der Waals surface area contributed by atoms with E-state index in [0.717, 1.165) is 6.07 Å². The van der Waals surface area contributed by atoms with Gasteiger partial charge < -0.3 is 10.2 Å². The third-order valence-corrected chi connectivity index (χ3v) is 2.62. The van der Waals surface area contributed by atoms with Crippen molar-refractivity contribution in [1.29, 1.82) is 0 Å². The molecule has 18 heavy (non-hydrogen) atoms. The summed E-state index contributed by atoms with van der Waals surface area (Å²) < 4.78 is 13.1. The fourth-order valence-electron chi connectivity index (χ4n) is 1.65. The van der Waals surface area contributed by atoms with Crippen LogP contribution < -0.4 is 0 Å². The summed E-state index contributed by atoms with van der Waals surface area (Å²) >= 11 is 0. The molecule has 0 spiro atoms. The molecule has 0 radical (unpaired) electrons. The van der Waals surface area contributed by atoms with Gasteiger partial charge in [-0.25, -0.2) is 4.39 Å². The standard InChI is InChI=1S/C14H11FO3/c15-11-8-4-7-10(13(11)17)14(18)12(16)9-5-2-1-3-6-9/h1-8,12,16-17H. The summed E-state index contributed by atoms with van der Waals surface area (Å²) in [5.74, 6) is -2.36. The third kappa shape index (κ3) is 2.24. The van der Waals surface area contributed by atoms with Crippen molar-refractivity contribution in [2.24, 2.45) is 0 Å². The number of ketones is 1. The van der Waals surface area contributed by atoms with Gasteiger partial charge in [-0.15, -0.1) is 0 Å². The van der Waals surface area contributed by atoms with Gasteiger partial charge in [0.1, 0.15) is 6.10 Å². The second-order valence-electron chi connectivity index (χ2n) is 3.81. The van der Waals surface area contributed by atoms with E-state index < -0.39 is 23.5 Å². The predicted octanol–water partition coefficient (Wildman–Crippen LogP) is 2.45. The van der Waals surface area contributed by atoms with Crippen LogP contribution in [0.1, 0.15) is 22.0 Å². The number of aromatic hydroxyl groups is 1. The van der Waals surface area contributed by atoms with Crippen LogP contribution in [0, 0.1) is 5.82 Å². The second-order valence-corrected chi connectivity index (χ2v) is 3.81. The molecule has 92 valence electrons. The van der Waals surface area contributed by atoms with E-state index >= 15 is 0 Å². The quantitative estimate of drug-likeness (QED) is 0.818. The van der Waals surface area contributed by atoms with E-state index in [1.807, 2.05) is 0 Å². The number of carbonyl (C=O) groups is 1. The molecule has 1 atom stereocenters. The van der Waals surface area contributed by atoms with Crippen LogP contribution in [0.3, 0.4) is 0 Å². The number of carbonyl (C=O) groups excluding carboxylic acids is 1. The lowest BCUT2D eigenvalue weighted by Gasteiger charge is -2.11. The van der Waals surface area contributed by atoms with Crippen LogP contribution in [0.4, 0.5) is 4.39 Å². The number of benzene rings is 2. The first kappa shape index (κ1) is 12.3. The van der Waals surface area contributed by atoms with Crippen molar-refractivity contribution in [1.82, 2.24) is 0 Å². The van der Waals surface area contributed by atoms with E-state index in [4.69, 9.17) is 0 Å². The highest BCUT2D eigenvalue weighted by Crippen LogP contribution is 2.26. The Labute approximate surface area is 103 Å². The first-order valence-corrected chi connectivity index (χ1v) is 5.36. The molecule has 0 amide bonds. The second kappa shape index (κ2) is 4.98. The zero-order chi connectivity index (χ0) is 13.1. The van der Waals surface area contributed by atoms with Gasteiger partial charge in [0, 0.05) is 0 Å². The van der Waals surface area contributed by atoms with E-state index in [1.54, 1.807) is 30.3 Å². The minimum atomic E-state index is -1.42. The molecule has 0 fully saturated rings. The van der Waals surface area contributed by atoms with Gasteiger partial charge in [-0.05, 0) is 17.7 Å². The highest BCUT2D eigenvalue weighted by Gasteiger charge is 2.22. The highest BCUT2D eigenvalue weighted by molar-refractivity contribution is 6.02. The molecule has 0 aromatic heterocycles. The van der Waals surface area contributed by atoms with Crippen molar-refractivity contribution in [3.8, 4) is 5.75 Å². The van der Waals surface area contributed by atoms with Crippen LogP contribution in [0.25, 0.3) is 0 Å². The lowest BCUT2D eigenvalue weighted by Crippen LogP contribution is -2.12. The van der Waals surface area contributed by atoms with Gasteiger partial charge in [0.25, 0.3) is 0 Å². The average Bonchev–Trinajstić information content (AvgIpc) is 2.41. The van der Waals surface area contributed by atoms with Crippen molar-refractivity contribution < 1.29 is 19.4 Å². The molecule has 2 aromatic carbocycles. The molecule has 0 aliphatic rings. The molecule has 0 bridgehead atoms. The van der Waals surface area contributed by atoms with Crippen molar-refractivity contribution >= 4 is 5.78 Å². The molecule has 0 aliphatic carbocycles. The first-order valence-electron chi connectivity index (χ1n) is 5.36. The number of para-hydroxylation sites is 1. The number of hydrogen-bond donors (Lipinski definition) is 2. The van der Waals surface area contributed by atoms with E-state index in [-0.39, 0.29) is 5.56 Å². The molecule has 0 aliphatic heterocycles. The number of phenolic OH excluding ortho intramolecular Hbond substituents is 1. The SMILES string of the molecule is O=C(c1cccc(F)c1O)C(O)c1ccccc1. The first-order chi connectivity index (χ1) is 8.61. The summed E-state index contributed by atoms with van der Waals surface area (Å²) in [6.45, 7) is 0. The summed E-state index contributed by atoms with van der Waals surface area (Å²) in [6.07, 6.45) is -1.42. The van der Waals surface area contributed by atoms with Crippen molar-refractivity contribution in [2.75, 3.05) is 0 Å². The molecule has 2 aromatic rings. The molecule has 4 heteroatoms. The van der Waals surface area contributed by atoms with Crippen molar-refractivity contribution in [3.05, 3.63) is 65.5 Å². The largest absolute Gasteiger partial charge is 0.504 e. The number of hydrogen-bond acceptors (Lipinski definition) is 3. The Morgan fingerprint density at radius 3 is 2.39 bits per heavy atom. The van der Waals surface area contributed by atoms with Crippen LogP contribution in [0.5, 0.6) is 5.75 Å². The smallest absolute Gasteiger partial charge is 0.199 e. The van der Waals surface area contributed by atoms with E-state index in [2.05, 4.69) is 0 Å². The van der Waals surface area contributed by atoms with Gasteiger partial charge >= 0.3 is 0 Å². The molecule has 0 heterocycles. The summed E-state index contributed by atoms with van der Waals surface area (Å²) in [5, 5.41) is 19.3. The number of phenols is 1. The van der Waals surface area contributed by atoms with Gasteiger partial charge in [-0.1, -0.05) is 36.4 Å². The zero-order valence-electron chi connectivity index (χ0n) is 9.38. The number of aliphatic hydroxyl groups is 1. The summed E-state index contributed by atoms with van der Waals surface area (Å²) in [4.78, 5) is 11.9. The molecule has 3 nitrogen and oxygen atoms in total. The lowest BCUT2D eigenvalue weighted by molar-refractivity contribution is 0.0743. The monoisotopic (exact) mass is 246 g/mol. The molecule has 2 rings (SSSR count). The predicted molar refractivity (Wildman–Crippen MR) is 63.8 cm³/mol. The number of aliphatic hydroxyl groups excluding tert-OH is 1. The van der Waals surface area contributed by atoms with Crippen LogP contribution in [0.2, 0.25) is 0 Å². The summed E-state index contributed by atoms with van der Waals surface area (Å²) in [6, 6.07) is 11.9. The molecule has 2 N–H and O–H groups in total. The number of rotatable bonds is 3. The van der Waals surface area contributed by atoms with Crippen LogP contribution in [-0.2, 0) is 0 Å². The summed E-state index contributed by atoms with van der Waals surface area (Å²) in [7, 11) is 0. The fourth-order valence-corrected chi connectivity index (χ4v) is 1.65. The maximum absolute atomic E-state index is 13.1. The number of Topliss-reactive ketones (excluding diaryl/α,β-unsaturated/α-hetero) is 1. The van der Waals surface area contributed by atoms with Crippen molar-refractivity contribution in [3.63, 3.8) is 0 Å². The van der Waals surface area contributed by atoms with Crippen LogP contribution >= 0.6 is 0 Å². The topological polar surface area (TPSA) is 57.5 Å². The van der Waals surface area contributed by atoms with Gasteiger partial charge in [-0.2, -0.15) is 0 Å². The minimum Gasteiger partial charge on any atom is -0.504 e. The number of halogens is 1. The Kier molecular flexibility index (Phi) is 3.39. The lowest BCUT2D eigenvalue weighted by atomic mass is 9.99. The zero-order valence-corrected chi connectivity index (χ0v) is 9.38. The molecular formula is C14H11FO3. The van der Waals surface area contributed by atoms with E-state index in [1.165, 1.54) is 12.1 Å². The Bertz CT molecular complexity index is 567. The third-order valence-electron chi connectivity index (χ3n) is 2.62. The van der Waals surface area contributed by atoms with Crippen molar-refractivity contribution in [2.45, 2.75) is 6.10 Å². The average molecular weight is 246 g/mol. The van der Waals surface area contributed by atoms with E-state index in [9.17, 15) is 19.4 Å². The van der Waals surface area contributed by atoms with E-state index in [0.29, 0.717) is 5.56 Å².